The number of aromatic nitrogens is 4. The molecule has 0 aliphatic heterocycles. The van der Waals surface area contributed by atoms with Crippen molar-refractivity contribution in [1.29, 1.82) is 0 Å². The first-order valence-electron chi connectivity index (χ1n) is 7.35. The molecule has 7 heteroatoms. The van der Waals surface area contributed by atoms with Gasteiger partial charge in [-0.3, -0.25) is 10.1 Å². The fourth-order valence-corrected chi connectivity index (χ4v) is 2.36. The molecule has 1 amide bonds. The van der Waals surface area contributed by atoms with Gasteiger partial charge < -0.3 is 9.30 Å². The Morgan fingerprint density at radius 3 is 2.91 bits per heavy atom. The molecule has 3 aromatic rings. The van der Waals surface area contributed by atoms with Crippen molar-refractivity contribution < 1.29 is 9.53 Å². The molecule has 23 heavy (non-hydrogen) atoms. The Morgan fingerprint density at radius 2 is 2.13 bits per heavy atom. The van der Waals surface area contributed by atoms with Crippen LogP contribution in [0.5, 0.6) is 5.88 Å². The van der Waals surface area contributed by atoms with Gasteiger partial charge in [0.1, 0.15) is 12.0 Å². The maximum absolute atomic E-state index is 12.4. The lowest BCUT2D eigenvalue weighted by Crippen LogP contribution is -2.17. The van der Waals surface area contributed by atoms with Crippen LogP contribution in [0.15, 0.2) is 36.7 Å². The first-order valence-corrected chi connectivity index (χ1v) is 7.35. The maximum Gasteiger partial charge on any atom is 0.276 e. The third-order valence-electron chi connectivity index (χ3n) is 3.41. The summed E-state index contributed by atoms with van der Waals surface area (Å²) in [5, 5.41) is 2.82. The highest BCUT2D eigenvalue weighted by Gasteiger charge is 2.15. The van der Waals surface area contributed by atoms with Crippen molar-refractivity contribution in [3.8, 4) is 5.88 Å². The molecule has 0 aliphatic rings. The zero-order chi connectivity index (χ0) is 16.2. The van der Waals surface area contributed by atoms with E-state index in [-0.39, 0.29) is 11.6 Å². The Bertz CT molecular complexity index is 843. The van der Waals surface area contributed by atoms with Crippen molar-refractivity contribution >= 4 is 22.9 Å². The standard InChI is InChI=1S/C16H17N5O2/c1-3-8-21-13-7-5-4-6-11(13)19-16(21)20-15(22)12-9-14(23-2)18-10-17-12/h4-7,9-10H,3,8H2,1-2H3,(H,19,20,22). The summed E-state index contributed by atoms with van der Waals surface area (Å²) in [5.41, 5.74) is 2.06. The van der Waals surface area contributed by atoms with E-state index in [9.17, 15) is 4.79 Å². The van der Waals surface area contributed by atoms with Gasteiger partial charge >= 0.3 is 0 Å². The number of carbonyl (C=O) groups is 1. The molecule has 0 spiro atoms. The van der Waals surface area contributed by atoms with E-state index in [1.807, 2.05) is 28.8 Å². The van der Waals surface area contributed by atoms with E-state index < -0.39 is 0 Å². The molecule has 1 N–H and O–H groups in total. The molecular weight excluding hydrogens is 294 g/mol. The van der Waals surface area contributed by atoms with E-state index in [0.717, 1.165) is 24.0 Å². The highest BCUT2D eigenvalue weighted by Crippen LogP contribution is 2.20. The highest BCUT2D eigenvalue weighted by atomic mass is 16.5. The summed E-state index contributed by atoms with van der Waals surface area (Å²) in [5.74, 6) is 0.501. The van der Waals surface area contributed by atoms with Crippen LogP contribution in [0.3, 0.4) is 0 Å². The van der Waals surface area contributed by atoms with Crippen molar-refractivity contribution in [2.24, 2.45) is 0 Å². The van der Waals surface area contributed by atoms with Gasteiger partial charge in [-0.1, -0.05) is 19.1 Å². The number of amides is 1. The number of anilines is 1. The van der Waals surface area contributed by atoms with Crippen molar-refractivity contribution in [1.82, 2.24) is 19.5 Å². The number of para-hydroxylation sites is 2. The summed E-state index contributed by atoms with van der Waals surface area (Å²) in [6.07, 6.45) is 2.23. The van der Waals surface area contributed by atoms with Crippen molar-refractivity contribution in [3.05, 3.63) is 42.4 Å². The third kappa shape index (κ3) is 2.98. The fraction of sp³-hybridized carbons (Fsp3) is 0.250. The Kier molecular flexibility index (Phi) is 4.18. The lowest BCUT2D eigenvalue weighted by molar-refractivity contribution is 0.102. The monoisotopic (exact) mass is 311 g/mol. The summed E-state index contributed by atoms with van der Waals surface area (Å²) in [6, 6.07) is 9.28. The quantitative estimate of drug-likeness (QED) is 0.783. The summed E-state index contributed by atoms with van der Waals surface area (Å²) in [4.78, 5) is 24.8. The van der Waals surface area contributed by atoms with Crippen LogP contribution in [0.2, 0.25) is 0 Å². The number of hydrogen-bond acceptors (Lipinski definition) is 5. The minimum Gasteiger partial charge on any atom is -0.481 e. The molecule has 0 bridgehead atoms. The molecule has 2 heterocycles. The van der Waals surface area contributed by atoms with Gasteiger partial charge in [-0.15, -0.1) is 0 Å². The second-order valence-corrected chi connectivity index (χ2v) is 4.98. The van der Waals surface area contributed by atoms with E-state index in [2.05, 4.69) is 27.2 Å². The number of imidazole rings is 1. The lowest BCUT2D eigenvalue weighted by atomic mass is 10.3. The molecule has 0 saturated heterocycles. The maximum atomic E-state index is 12.4. The predicted molar refractivity (Wildman–Crippen MR) is 86.6 cm³/mol. The molecule has 1 aromatic carbocycles. The molecule has 0 saturated carbocycles. The SMILES string of the molecule is CCCn1c(NC(=O)c2cc(OC)ncn2)nc2ccccc21. The Morgan fingerprint density at radius 1 is 1.30 bits per heavy atom. The van der Waals surface area contributed by atoms with Crippen LogP contribution in [-0.2, 0) is 6.54 Å². The molecule has 0 fully saturated rings. The minimum absolute atomic E-state index is 0.229. The van der Waals surface area contributed by atoms with Gasteiger partial charge in [0.15, 0.2) is 0 Å². The van der Waals surface area contributed by atoms with E-state index in [0.29, 0.717) is 11.8 Å². The largest absolute Gasteiger partial charge is 0.481 e. The molecule has 0 aliphatic carbocycles. The predicted octanol–water partition coefficient (Wildman–Crippen LogP) is 2.50. The highest BCUT2D eigenvalue weighted by molar-refractivity contribution is 6.02. The third-order valence-corrected chi connectivity index (χ3v) is 3.41. The van der Waals surface area contributed by atoms with E-state index in [1.54, 1.807) is 0 Å². The number of carbonyl (C=O) groups excluding carboxylic acids is 1. The summed E-state index contributed by atoms with van der Waals surface area (Å²) >= 11 is 0. The second kappa shape index (κ2) is 6.43. The molecule has 7 nitrogen and oxygen atoms in total. The smallest absolute Gasteiger partial charge is 0.276 e. The van der Waals surface area contributed by atoms with Gasteiger partial charge in [-0.25, -0.2) is 15.0 Å². The van der Waals surface area contributed by atoms with E-state index >= 15 is 0 Å². The van der Waals surface area contributed by atoms with Crippen molar-refractivity contribution in [2.75, 3.05) is 12.4 Å². The Balaban J connectivity index is 1.93. The van der Waals surface area contributed by atoms with Gasteiger partial charge in [0, 0.05) is 12.6 Å². The van der Waals surface area contributed by atoms with Crippen LogP contribution < -0.4 is 10.1 Å². The number of hydrogen-bond donors (Lipinski definition) is 1. The summed E-state index contributed by atoms with van der Waals surface area (Å²) in [6.45, 7) is 2.85. The first-order chi connectivity index (χ1) is 11.2. The number of rotatable bonds is 5. The lowest BCUT2D eigenvalue weighted by Gasteiger charge is -2.08. The molecule has 0 radical (unpaired) electrons. The van der Waals surface area contributed by atoms with Crippen LogP contribution in [-0.4, -0.2) is 32.5 Å². The molecule has 0 atom stereocenters. The number of benzene rings is 1. The number of nitrogens with zero attached hydrogens (tertiary/aromatic N) is 4. The number of fused-ring (bicyclic) bond motifs is 1. The zero-order valence-corrected chi connectivity index (χ0v) is 13.0. The zero-order valence-electron chi connectivity index (χ0n) is 13.0. The van der Waals surface area contributed by atoms with Gasteiger partial charge in [0.05, 0.1) is 18.1 Å². The van der Waals surface area contributed by atoms with Gasteiger partial charge in [-0.05, 0) is 18.6 Å². The van der Waals surface area contributed by atoms with Crippen LogP contribution >= 0.6 is 0 Å². The number of nitrogens with one attached hydrogen (secondary N) is 1. The van der Waals surface area contributed by atoms with E-state index in [1.165, 1.54) is 19.5 Å². The number of aryl methyl sites for hydroxylation is 1. The van der Waals surface area contributed by atoms with Crippen LogP contribution in [0.1, 0.15) is 23.8 Å². The van der Waals surface area contributed by atoms with Gasteiger partial charge in [0.2, 0.25) is 11.8 Å². The van der Waals surface area contributed by atoms with Crippen LogP contribution in [0, 0.1) is 0 Å². The Labute approximate surface area is 133 Å². The van der Waals surface area contributed by atoms with Gasteiger partial charge in [0.25, 0.3) is 5.91 Å². The summed E-state index contributed by atoms with van der Waals surface area (Å²) in [7, 11) is 1.49. The van der Waals surface area contributed by atoms with Gasteiger partial charge in [-0.2, -0.15) is 0 Å². The first kappa shape index (κ1) is 15.0. The average Bonchev–Trinajstić information content (AvgIpc) is 2.93. The van der Waals surface area contributed by atoms with Crippen LogP contribution in [0.4, 0.5) is 5.95 Å². The average molecular weight is 311 g/mol. The molecule has 2 aromatic heterocycles. The van der Waals surface area contributed by atoms with Crippen molar-refractivity contribution in [3.63, 3.8) is 0 Å². The Hall–Kier alpha value is -2.96. The molecule has 3 rings (SSSR count). The molecule has 118 valence electrons. The van der Waals surface area contributed by atoms with E-state index in [4.69, 9.17) is 4.74 Å². The number of methoxy groups -OCH3 is 1. The van der Waals surface area contributed by atoms with Crippen LogP contribution in [0.25, 0.3) is 11.0 Å². The second-order valence-electron chi connectivity index (χ2n) is 4.98. The summed E-state index contributed by atoms with van der Waals surface area (Å²) < 4.78 is 7.01. The minimum atomic E-state index is -0.349. The molecular formula is C16H17N5O2. The molecule has 0 unspecified atom stereocenters. The topological polar surface area (TPSA) is 81.9 Å². The fourth-order valence-electron chi connectivity index (χ4n) is 2.36. The number of ether oxygens (including phenoxy) is 1. The normalized spacial score (nSPS) is 10.7. The van der Waals surface area contributed by atoms with Crippen molar-refractivity contribution in [2.45, 2.75) is 19.9 Å².